The first kappa shape index (κ1) is 20.4. The molecule has 0 fully saturated rings. The Bertz CT molecular complexity index is 1090. The Kier molecular flexibility index (Phi) is 5.78. The Morgan fingerprint density at radius 3 is 1.47 bits per heavy atom. The molecule has 0 aliphatic carbocycles. The van der Waals surface area contributed by atoms with E-state index in [-0.39, 0.29) is 5.41 Å². The Hall–Kier alpha value is -2.84. The standard InChI is InChI=1S/C28H26BrN/c1-28(2,3)23-11-17-26(18-12-23)30(27-19-13-24(29)14-20-27)25-15-9-22(10-16-25)21-7-5-4-6-8-21/h4-20H,1-3H3. The van der Waals surface area contributed by atoms with Crippen molar-refractivity contribution >= 4 is 33.0 Å². The Labute approximate surface area is 188 Å². The van der Waals surface area contributed by atoms with Crippen molar-refractivity contribution in [3.63, 3.8) is 0 Å². The van der Waals surface area contributed by atoms with Gasteiger partial charge in [0.15, 0.2) is 0 Å². The lowest BCUT2D eigenvalue weighted by Gasteiger charge is -2.27. The quantitative estimate of drug-likeness (QED) is 0.296. The second-order valence-corrected chi connectivity index (χ2v) is 9.44. The summed E-state index contributed by atoms with van der Waals surface area (Å²) < 4.78 is 1.08. The molecule has 2 heteroatoms. The third-order valence-electron chi connectivity index (χ3n) is 5.31. The van der Waals surface area contributed by atoms with Crippen LogP contribution in [0.25, 0.3) is 11.1 Å². The van der Waals surface area contributed by atoms with Gasteiger partial charge in [-0.05, 0) is 70.6 Å². The van der Waals surface area contributed by atoms with E-state index in [1.54, 1.807) is 0 Å². The van der Waals surface area contributed by atoms with Crippen molar-refractivity contribution in [1.82, 2.24) is 0 Å². The van der Waals surface area contributed by atoms with Crippen molar-refractivity contribution in [2.75, 3.05) is 4.90 Å². The minimum atomic E-state index is 0.137. The van der Waals surface area contributed by atoms with Crippen LogP contribution < -0.4 is 4.90 Å². The fraction of sp³-hybridized carbons (Fsp3) is 0.143. The van der Waals surface area contributed by atoms with Crippen LogP contribution in [0.3, 0.4) is 0 Å². The molecular formula is C28H26BrN. The molecule has 0 N–H and O–H groups in total. The number of benzene rings is 4. The predicted octanol–water partition coefficient (Wildman–Crippen LogP) is 8.88. The van der Waals surface area contributed by atoms with E-state index >= 15 is 0 Å². The van der Waals surface area contributed by atoms with Gasteiger partial charge in [0, 0.05) is 21.5 Å². The van der Waals surface area contributed by atoms with Crippen LogP contribution in [-0.4, -0.2) is 0 Å². The molecule has 0 bridgehead atoms. The third kappa shape index (κ3) is 4.49. The van der Waals surface area contributed by atoms with Gasteiger partial charge in [0.25, 0.3) is 0 Å². The maximum absolute atomic E-state index is 3.56. The summed E-state index contributed by atoms with van der Waals surface area (Å²) in [5.41, 5.74) is 7.35. The summed E-state index contributed by atoms with van der Waals surface area (Å²) in [5.74, 6) is 0. The molecule has 0 saturated heterocycles. The molecule has 1 nitrogen and oxygen atoms in total. The highest BCUT2D eigenvalue weighted by molar-refractivity contribution is 9.10. The van der Waals surface area contributed by atoms with Gasteiger partial charge in [-0.15, -0.1) is 0 Å². The largest absolute Gasteiger partial charge is 0.311 e. The molecule has 0 amide bonds. The molecular weight excluding hydrogens is 430 g/mol. The van der Waals surface area contributed by atoms with E-state index < -0.39 is 0 Å². The van der Waals surface area contributed by atoms with E-state index in [1.807, 2.05) is 6.07 Å². The van der Waals surface area contributed by atoms with Crippen molar-refractivity contribution < 1.29 is 0 Å². The number of halogens is 1. The van der Waals surface area contributed by atoms with Crippen molar-refractivity contribution in [2.45, 2.75) is 26.2 Å². The SMILES string of the molecule is CC(C)(C)c1ccc(N(c2ccc(Br)cc2)c2ccc(-c3ccccc3)cc2)cc1. The molecule has 0 heterocycles. The van der Waals surface area contributed by atoms with Gasteiger partial charge in [-0.25, -0.2) is 0 Å². The third-order valence-corrected chi connectivity index (χ3v) is 5.84. The average Bonchev–Trinajstić information content (AvgIpc) is 2.76. The first-order valence-electron chi connectivity index (χ1n) is 10.2. The molecule has 0 spiro atoms. The zero-order chi connectivity index (χ0) is 21.1. The highest BCUT2D eigenvalue weighted by Gasteiger charge is 2.16. The van der Waals surface area contributed by atoms with Gasteiger partial charge in [0.05, 0.1) is 0 Å². The molecule has 0 aromatic heterocycles. The molecule has 0 aliphatic heterocycles. The van der Waals surface area contributed by atoms with Crippen LogP contribution in [0.5, 0.6) is 0 Å². The highest BCUT2D eigenvalue weighted by atomic mass is 79.9. The van der Waals surface area contributed by atoms with Gasteiger partial charge < -0.3 is 4.90 Å². The fourth-order valence-corrected chi connectivity index (χ4v) is 3.85. The predicted molar refractivity (Wildman–Crippen MR) is 133 cm³/mol. The monoisotopic (exact) mass is 455 g/mol. The number of anilines is 3. The summed E-state index contributed by atoms with van der Waals surface area (Å²) in [6.45, 7) is 6.74. The molecule has 0 unspecified atom stereocenters. The van der Waals surface area contributed by atoms with Crippen LogP contribution >= 0.6 is 15.9 Å². The second kappa shape index (κ2) is 8.49. The summed E-state index contributed by atoms with van der Waals surface area (Å²) in [6, 6.07) is 36.6. The van der Waals surface area contributed by atoms with Gasteiger partial charge >= 0.3 is 0 Å². The molecule has 0 radical (unpaired) electrons. The summed E-state index contributed by atoms with van der Waals surface area (Å²) >= 11 is 3.56. The van der Waals surface area contributed by atoms with Crippen LogP contribution in [0, 0.1) is 0 Å². The molecule has 4 aromatic rings. The number of rotatable bonds is 4. The first-order valence-corrected chi connectivity index (χ1v) is 11.0. The highest BCUT2D eigenvalue weighted by Crippen LogP contribution is 2.37. The smallest absolute Gasteiger partial charge is 0.0462 e. The summed E-state index contributed by atoms with van der Waals surface area (Å²) in [6.07, 6.45) is 0. The fourth-order valence-electron chi connectivity index (χ4n) is 3.58. The maximum Gasteiger partial charge on any atom is 0.0462 e. The lowest BCUT2D eigenvalue weighted by atomic mass is 9.87. The molecule has 0 atom stereocenters. The minimum Gasteiger partial charge on any atom is -0.311 e. The number of nitrogens with zero attached hydrogens (tertiary/aromatic N) is 1. The Morgan fingerprint density at radius 2 is 0.967 bits per heavy atom. The van der Waals surface area contributed by atoms with Gasteiger partial charge in [0.2, 0.25) is 0 Å². The Morgan fingerprint density at radius 1 is 0.533 bits per heavy atom. The molecule has 0 saturated carbocycles. The molecule has 0 aliphatic rings. The van der Waals surface area contributed by atoms with E-state index in [2.05, 4.69) is 139 Å². The molecule has 4 aromatic carbocycles. The summed E-state index contributed by atoms with van der Waals surface area (Å²) in [5, 5.41) is 0. The van der Waals surface area contributed by atoms with Crippen molar-refractivity contribution in [3.05, 3.63) is 113 Å². The van der Waals surface area contributed by atoms with Crippen molar-refractivity contribution in [2.24, 2.45) is 0 Å². The lowest BCUT2D eigenvalue weighted by Crippen LogP contribution is -2.13. The van der Waals surface area contributed by atoms with Crippen LogP contribution in [0.2, 0.25) is 0 Å². The Balaban J connectivity index is 1.75. The molecule has 4 rings (SSSR count). The van der Waals surface area contributed by atoms with Gasteiger partial charge in [0.1, 0.15) is 0 Å². The zero-order valence-corrected chi connectivity index (χ0v) is 19.2. The minimum absolute atomic E-state index is 0.137. The van der Waals surface area contributed by atoms with Crippen molar-refractivity contribution in [1.29, 1.82) is 0 Å². The molecule has 150 valence electrons. The number of hydrogen-bond donors (Lipinski definition) is 0. The second-order valence-electron chi connectivity index (χ2n) is 8.52. The van der Waals surface area contributed by atoms with Crippen LogP contribution in [-0.2, 0) is 5.41 Å². The van der Waals surface area contributed by atoms with Crippen molar-refractivity contribution in [3.8, 4) is 11.1 Å². The van der Waals surface area contributed by atoms with E-state index in [0.29, 0.717) is 0 Å². The first-order chi connectivity index (χ1) is 14.4. The average molecular weight is 456 g/mol. The maximum atomic E-state index is 3.56. The normalized spacial score (nSPS) is 11.3. The summed E-state index contributed by atoms with van der Waals surface area (Å²) in [7, 11) is 0. The number of hydrogen-bond acceptors (Lipinski definition) is 1. The van der Waals surface area contributed by atoms with Gasteiger partial charge in [-0.1, -0.05) is 91.3 Å². The van der Waals surface area contributed by atoms with E-state index in [9.17, 15) is 0 Å². The zero-order valence-electron chi connectivity index (χ0n) is 17.6. The van der Waals surface area contributed by atoms with Crippen LogP contribution in [0.4, 0.5) is 17.1 Å². The van der Waals surface area contributed by atoms with Crippen LogP contribution in [0.1, 0.15) is 26.3 Å². The van der Waals surface area contributed by atoms with E-state index in [0.717, 1.165) is 21.5 Å². The van der Waals surface area contributed by atoms with Crippen LogP contribution in [0.15, 0.2) is 108 Å². The van der Waals surface area contributed by atoms with Gasteiger partial charge in [-0.2, -0.15) is 0 Å². The topological polar surface area (TPSA) is 3.24 Å². The van der Waals surface area contributed by atoms with E-state index in [4.69, 9.17) is 0 Å². The van der Waals surface area contributed by atoms with Gasteiger partial charge in [-0.3, -0.25) is 0 Å². The van der Waals surface area contributed by atoms with E-state index in [1.165, 1.54) is 16.7 Å². The lowest BCUT2D eigenvalue weighted by molar-refractivity contribution is 0.590. The summed E-state index contributed by atoms with van der Waals surface area (Å²) in [4.78, 5) is 2.30. The molecule has 30 heavy (non-hydrogen) atoms.